The third-order valence-corrected chi connectivity index (χ3v) is 4.56. The zero-order chi connectivity index (χ0) is 16.2. The van der Waals surface area contributed by atoms with Crippen molar-refractivity contribution in [3.8, 4) is 5.69 Å². The summed E-state index contributed by atoms with van der Waals surface area (Å²) >= 11 is 0. The molecule has 1 saturated heterocycles. The van der Waals surface area contributed by atoms with Crippen LogP contribution in [0.4, 0.5) is 0 Å². The Morgan fingerprint density at radius 1 is 1.22 bits per heavy atom. The first-order chi connectivity index (χ1) is 11.1. The third kappa shape index (κ3) is 3.91. The van der Waals surface area contributed by atoms with Gasteiger partial charge in [0, 0.05) is 13.0 Å². The maximum absolute atomic E-state index is 12.1. The summed E-state index contributed by atoms with van der Waals surface area (Å²) in [6.45, 7) is 8.04. The fourth-order valence-electron chi connectivity index (χ4n) is 3.46. The molecule has 1 aromatic heterocycles. The van der Waals surface area contributed by atoms with Gasteiger partial charge in [-0.1, -0.05) is 32.0 Å². The van der Waals surface area contributed by atoms with Crippen molar-refractivity contribution in [3.05, 3.63) is 46.6 Å². The predicted molar refractivity (Wildman–Crippen MR) is 91.9 cm³/mol. The van der Waals surface area contributed by atoms with Crippen molar-refractivity contribution in [1.29, 1.82) is 0 Å². The van der Waals surface area contributed by atoms with Crippen molar-refractivity contribution in [2.75, 3.05) is 19.6 Å². The van der Waals surface area contributed by atoms with Gasteiger partial charge in [0.25, 0.3) is 0 Å². The summed E-state index contributed by atoms with van der Waals surface area (Å²) in [5.74, 6) is 2.18. The highest BCUT2D eigenvalue weighted by Gasteiger charge is 2.22. The molecule has 5 nitrogen and oxygen atoms in total. The number of para-hydroxylation sites is 1. The first kappa shape index (κ1) is 16.0. The van der Waals surface area contributed by atoms with Gasteiger partial charge in [0.15, 0.2) is 0 Å². The van der Waals surface area contributed by atoms with E-state index in [-0.39, 0.29) is 5.69 Å². The van der Waals surface area contributed by atoms with Crippen molar-refractivity contribution >= 4 is 0 Å². The van der Waals surface area contributed by atoms with Crippen LogP contribution in [0.2, 0.25) is 0 Å². The first-order valence-electron chi connectivity index (χ1n) is 8.57. The SMILES string of the molecule is CC(C)CN1CCC(Cc2n[nH]c(=O)n2-c2ccccc2)CC1. The molecule has 0 unspecified atom stereocenters. The number of piperidine rings is 1. The van der Waals surface area contributed by atoms with Gasteiger partial charge in [-0.15, -0.1) is 0 Å². The maximum Gasteiger partial charge on any atom is 0.347 e. The van der Waals surface area contributed by atoms with Gasteiger partial charge in [0.1, 0.15) is 5.82 Å². The average Bonchev–Trinajstić information content (AvgIpc) is 2.90. The van der Waals surface area contributed by atoms with E-state index in [9.17, 15) is 4.79 Å². The van der Waals surface area contributed by atoms with E-state index in [1.54, 1.807) is 4.57 Å². The fraction of sp³-hybridized carbons (Fsp3) is 0.556. The van der Waals surface area contributed by atoms with Crippen molar-refractivity contribution in [2.24, 2.45) is 11.8 Å². The Balaban J connectivity index is 1.67. The summed E-state index contributed by atoms with van der Waals surface area (Å²) in [6.07, 6.45) is 3.23. The molecule has 3 rings (SSSR count). The molecule has 0 bridgehead atoms. The quantitative estimate of drug-likeness (QED) is 0.922. The van der Waals surface area contributed by atoms with Crippen LogP contribution in [0, 0.1) is 11.8 Å². The lowest BCUT2D eigenvalue weighted by Gasteiger charge is -2.32. The molecule has 2 heterocycles. The van der Waals surface area contributed by atoms with E-state index in [0.717, 1.165) is 36.9 Å². The molecule has 2 aromatic rings. The maximum atomic E-state index is 12.1. The van der Waals surface area contributed by atoms with Gasteiger partial charge in [0.05, 0.1) is 5.69 Å². The van der Waals surface area contributed by atoms with Crippen LogP contribution in [0.25, 0.3) is 5.69 Å². The Labute approximate surface area is 137 Å². The normalized spacial score (nSPS) is 17.0. The van der Waals surface area contributed by atoms with E-state index < -0.39 is 0 Å². The van der Waals surface area contributed by atoms with Crippen LogP contribution < -0.4 is 5.69 Å². The molecule has 0 spiro atoms. The van der Waals surface area contributed by atoms with Crippen LogP contribution in [0.5, 0.6) is 0 Å². The Hall–Kier alpha value is -1.88. The first-order valence-corrected chi connectivity index (χ1v) is 8.57. The van der Waals surface area contributed by atoms with Crippen LogP contribution in [0.3, 0.4) is 0 Å². The number of aromatic amines is 1. The summed E-state index contributed by atoms with van der Waals surface area (Å²) in [4.78, 5) is 14.6. The molecule has 1 fully saturated rings. The molecule has 0 saturated carbocycles. The predicted octanol–water partition coefficient (Wildman–Crippen LogP) is 2.47. The van der Waals surface area contributed by atoms with Crippen LogP contribution in [0.15, 0.2) is 35.1 Å². The lowest BCUT2D eigenvalue weighted by Crippen LogP contribution is -2.36. The lowest BCUT2D eigenvalue weighted by atomic mass is 9.92. The van der Waals surface area contributed by atoms with Crippen LogP contribution in [-0.2, 0) is 6.42 Å². The second-order valence-electron chi connectivity index (χ2n) is 6.96. The highest BCUT2D eigenvalue weighted by molar-refractivity contribution is 5.32. The zero-order valence-electron chi connectivity index (χ0n) is 14.0. The van der Waals surface area contributed by atoms with Crippen LogP contribution >= 0.6 is 0 Å². The van der Waals surface area contributed by atoms with Crippen molar-refractivity contribution in [2.45, 2.75) is 33.1 Å². The number of nitrogens with zero attached hydrogens (tertiary/aromatic N) is 3. The highest BCUT2D eigenvalue weighted by atomic mass is 16.1. The molecule has 0 atom stereocenters. The number of hydrogen-bond donors (Lipinski definition) is 1. The number of likely N-dealkylation sites (tertiary alicyclic amines) is 1. The van der Waals surface area contributed by atoms with Gasteiger partial charge in [0.2, 0.25) is 0 Å². The molecular formula is C18H26N4O. The van der Waals surface area contributed by atoms with E-state index in [4.69, 9.17) is 0 Å². The summed E-state index contributed by atoms with van der Waals surface area (Å²) in [7, 11) is 0. The molecule has 1 N–H and O–H groups in total. The van der Waals surface area contributed by atoms with Crippen LogP contribution in [0.1, 0.15) is 32.5 Å². The number of H-pyrrole nitrogens is 1. The van der Waals surface area contributed by atoms with Gasteiger partial charge in [-0.2, -0.15) is 5.10 Å². The monoisotopic (exact) mass is 314 g/mol. The molecule has 124 valence electrons. The molecule has 0 amide bonds. The van der Waals surface area contributed by atoms with E-state index in [0.29, 0.717) is 5.92 Å². The summed E-state index contributed by atoms with van der Waals surface area (Å²) < 4.78 is 1.71. The standard InChI is InChI=1S/C18H26N4O/c1-14(2)13-21-10-8-15(9-11-21)12-17-19-20-18(23)22(17)16-6-4-3-5-7-16/h3-7,14-15H,8-13H2,1-2H3,(H,20,23). The van der Waals surface area contributed by atoms with Crippen molar-refractivity contribution < 1.29 is 0 Å². The Morgan fingerprint density at radius 2 is 1.91 bits per heavy atom. The third-order valence-electron chi connectivity index (χ3n) is 4.56. The van der Waals surface area contributed by atoms with E-state index in [1.165, 1.54) is 19.4 Å². The van der Waals surface area contributed by atoms with Gasteiger partial charge in [-0.25, -0.2) is 14.5 Å². The van der Waals surface area contributed by atoms with E-state index in [2.05, 4.69) is 28.9 Å². The number of benzene rings is 1. The van der Waals surface area contributed by atoms with Crippen molar-refractivity contribution in [3.63, 3.8) is 0 Å². The number of rotatable bonds is 5. The van der Waals surface area contributed by atoms with Gasteiger partial charge < -0.3 is 4.90 Å². The van der Waals surface area contributed by atoms with Gasteiger partial charge in [-0.3, -0.25) is 0 Å². The van der Waals surface area contributed by atoms with Gasteiger partial charge >= 0.3 is 5.69 Å². The van der Waals surface area contributed by atoms with Crippen LogP contribution in [-0.4, -0.2) is 39.3 Å². The Morgan fingerprint density at radius 3 is 2.57 bits per heavy atom. The second-order valence-corrected chi connectivity index (χ2v) is 6.96. The molecule has 0 aliphatic carbocycles. The number of hydrogen-bond acceptors (Lipinski definition) is 3. The minimum absolute atomic E-state index is 0.150. The van der Waals surface area contributed by atoms with E-state index >= 15 is 0 Å². The average molecular weight is 314 g/mol. The minimum atomic E-state index is -0.150. The zero-order valence-corrected chi connectivity index (χ0v) is 14.0. The molecule has 1 aliphatic heterocycles. The van der Waals surface area contributed by atoms with E-state index in [1.807, 2.05) is 30.3 Å². The molecule has 1 aromatic carbocycles. The fourth-order valence-corrected chi connectivity index (χ4v) is 3.46. The summed E-state index contributed by atoms with van der Waals surface area (Å²) in [5, 5.41) is 6.87. The molecule has 1 aliphatic rings. The highest BCUT2D eigenvalue weighted by Crippen LogP contribution is 2.22. The number of nitrogens with one attached hydrogen (secondary N) is 1. The summed E-state index contributed by atoms with van der Waals surface area (Å²) in [5.41, 5.74) is 0.738. The number of aromatic nitrogens is 3. The molecule has 5 heteroatoms. The topological polar surface area (TPSA) is 53.9 Å². The summed E-state index contributed by atoms with van der Waals surface area (Å²) in [6, 6.07) is 9.75. The van der Waals surface area contributed by atoms with Crippen molar-refractivity contribution in [1.82, 2.24) is 19.7 Å². The lowest BCUT2D eigenvalue weighted by molar-refractivity contribution is 0.166. The Kier molecular flexibility index (Phi) is 4.96. The second kappa shape index (κ2) is 7.13. The Bertz CT molecular complexity index is 666. The van der Waals surface area contributed by atoms with Gasteiger partial charge in [-0.05, 0) is 49.9 Å². The smallest absolute Gasteiger partial charge is 0.303 e. The minimum Gasteiger partial charge on any atom is -0.303 e. The molecular weight excluding hydrogens is 288 g/mol. The largest absolute Gasteiger partial charge is 0.347 e. The molecule has 23 heavy (non-hydrogen) atoms. The molecule has 0 radical (unpaired) electrons.